The van der Waals surface area contributed by atoms with Gasteiger partial charge in [-0.25, -0.2) is 4.39 Å². The molecular weight excluding hydrogens is 375 g/mol. The van der Waals surface area contributed by atoms with Crippen LogP contribution >= 0.6 is 0 Å². The minimum Gasteiger partial charge on any atom is -0.506 e. The van der Waals surface area contributed by atoms with Crippen LogP contribution in [0.2, 0.25) is 0 Å². The van der Waals surface area contributed by atoms with Crippen molar-refractivity contribution in [3.05, 3.63) is 59.9 Å². The topological polar surface area (TPSA) is 130 Å². The molecular formula is C21H27FN4O3. The third kappa shape index (κ3) is 7.17. The Morgan fingerprint density at radius 2 is 1.79 bits per heavy atom. The van der Waals surface area contributed by atoms with Gasteiger partial charge in [0.05, 0.1) is 11.7 Å². The summed E-state index contributed by atoms with van der Waals surface area (Å²) in [6.07, 6.45) is 1.83. The van der Waals surface area contributed by atoms with Gasteiger partial charge in [-0.15, -0.1) is 0 Å². The first-order chi connectivity index (χ1) is 13.9. The molecule has 2 rings (SSSR count). The van der Waals surface area contributed by atoms with Crippen LogP contribution in [0.5, 0.6) is 5.75 Å². The van der Waals surface area contributed by atoms with Crippen LogP contribution in [0.1, 0.15) is 24.8 Å². The fourth-order valence-electron chi connectivity index (χ4n) is 2.80. The number of anilines is 1. The van der Waals surface area contributed by atoms with Gasteiger partial charge in [-0.3, -0.25) is 9.59 Å². The zero-order valence-electron chi connectivity index (χ0n) is 16.1. The van der Waals surface area contributed by atoms with Crippen LogP contribution in [0.3, 0.4) is 0 Å². The van der Waals surface area contributed by atoms with Crippen molar-refractivity contribution in [3.8, 4) is 5.75 Å². The highest BCUT2D eigenvalue weighted by Crippen LogP contribution is 2.24. The molecule has 0 aliphatic heterocycles. The van der Waals surface area contributed by atoms with Crippen molar-refractivity contribution in [1.29, 1.82) is 0 Å². The monoisotopic (exact) mass is 402 g/mol. The van der Waals surface area contributed by atoms with E-state index < -0.39 is 29.7 Å². The van der Waals surface area contributed by atoms with Gasteiger partial charge in [0.15, 0.2) is 0 Å². The lowest BCUT2D eigenvalue weighted by Gasteiger charge is -2.21. The number of aromatic hydroxyl groups is 1. The highest BCUT2D eigenvalue weighted by atomic mass is 19.1. The van der Waals surface area contributed by atoms with Gasteiger partial charge in [-0.1, -0.05) is 30.3 Å². The largest absolute Gasteiger partial charge is 0.506 e. The summed E-state index contributed by atoms with van der Waals surface area (Å²) in [6.45, 7) is 0.414. The molecule has 7 N–H and O–H groups in total. The van der Waals surface area contributed by atoms with Gasteiger partial charge in [0.1, 0.15) is 17.6 Å². The van der Waals surface area contributed by atoms with Crippen molar-refractivity contribution in [2.24, 2.45) is 11.5 Å². The van der Waals surface area contributed by atoms with Gasteiger partial charge < -0.3 is 27.2 Å². The molecule has 0 radical (unpaired) electrons. The van der Waals surface area contributed by atoms with E-state index in [0.29, 0.717) is 32.2 Å². The summed E-state index contributed by atoms with van der Waals surface area (Å²) in [5, 5.41) is 15.0. The molecule has 2 amide bonds. The predicted octanol–water partition coefficient (Wildman–Crippen LogP) is 1.65. The molecule has 0 bridgehead atoms. The molecule has 2 aromatic rings. The minimum absolute atomic E-state index is 0.0682. The molecule has 0 heterocycles. The lowest BCUT2D eigenvalue weighted by molar-refractivity contribution is -0.127. The molecule has 8 heteroatoms. The number of nitrogens with one attached hydrogen (secondary N) is 2. The number of phenols is 1. The van der Waals surface area contributed by atoms with Crippen LogP contribution in [0.25, 0.3) is 0 Å². The van der Waals surface area contributed by atoms with E-state index in [-0.39, 0.29) is 11.4 Å². The average Bonchev–Trinajstić information content (AvgIpc) is 2.72. The fraction of sp³-hybridized carbons (Fsp3) is 0.333. The summed E-state index contributed by atoms with van der Waals surface area (Å²) < 4.78 is 13.4. The SMILES string of the molecule is NCCC[C@H](N)C(=O)N[C@H](CCc1ccccc1)C(=O)Nc1cc(F)ccc1O. The Morgan fingerprint density at radius 3 is 2.48 bits per heavy atom. The van der Waals surface area contributed by atoms with E-state index in [4.69, 9.17) is 11.5 Å². The van der Waals surface area contributed by atoms with E-state index in [0.717, 1.165) is 23.8 Å². The molecule has 0 aromatic heterocycles. The number of aryl methyl sites for hydroxylation is 1. The van der Waals surface area contributed by atoms with E-state index in [1.54, 1.807) is 0 Å². The summed E-state index contributed by atoms with van der Waals surface area (Å²) >= 11 is 0. The van der Waals surface area contributed by atoms with Crippen LogP contribution in [0, 0.1) is 5.82 Å². The smallest absolute Gasteiger partial charge is 0.247 e. The molecule has 156 valence electrons. The van der Waals surface area contributed by atoms with Gasteiger partial charge in [-0.2, -0.15) is 0 Å². The second-order valence-electron chi connectivity index (χ2n) is 6.77. The first-order valence-electron chi connectivity index (χ1n) is 9.50. The first kappa shape index (κ1) is 22.3. The molecule has 2 atom stereocenters. The van der Waals surface area contributed by atoms with Crippen molar-refractivity contribution in [2.45, 2.75) is 37.8 Å². The Hall–Kier alpha value is -2.97. The van der Waals surface area contributed by atoms with E-state index in [1.165, 1.54) is 0 Å². The van der Waals surface area contributed by atoms with Crippen LogP contribution in [-0.2, 0) is 16.0 Å². The quantitative estimate of drug-likeness (QED) is 0.386. The normalized spacial score (nSPS) is 12.8. The van der Waals surface area contributed by atoms with Crippen molar-refractivity contribution in [3.63, 3.8) is 0 Å². The Bertz CT molecular complexity index is 817. The number of rotatable bonds is 10. The lowest BCUT2D eigenvalue weighted by Crippen LogP contribution is -2.50. The van der Waals surface area contributed by atoms with E-state index in [2.05, 4.69) is 10.6 Å². The molecule has 0 saturated carbocycles. The number of carbonyl (C=O) groups is 2. The number of hydrogen-bond acceptors (Lipinski definition) is 5. The molecule has 0 saturated heterocycles. The third-order valence-corrected chi connectivity index (χ3v) is 4.47. The summed E-state index contributed by atoms with van der Waals surface area (Å²) in [5.74, 6) is -1.91. The first-order valence-corrected chi connectivity index (χ1v) is 9.50. The van der Waals surface area contributed by atoms with E-state index in [9.17, 15) is 19.1 Å². The number of halogens is 1. The minimum atomic E-state index is -0.908. The van der Waals surface area contributed by atoms with Crippen molar-refractivity contribution < 1.29 is 19.1 Å². The zero-order chi connectivity index (χ0) is 21.2. The number of phenolic OH excluding ortho intramolecular Hbond substituents is 1. The van der Waals surface area contributed by atoms with Crippen LogP contribution in [-0.4, -0.2) is 35.5 Å². The van der Waals surface area contributed by atoms with Crippen LogP contribution in [0.4, 0.5) is 10.1 Å². The Balaban J connectivity index is 2.10. The van der Waals surface area contributed by atoms with Crippen molar-refractivity contribution in [2.75, 3.05) is 11.9 Å². The number of hydrogen-bond donors (Lipinski definition) is 5. The highest BCUT2D eigenvalue weighted by molar-refractivity contribution is 5.98. The number of amides is 2. The average molecular weight is 402 g/mol. The molecule has 0 aliphatic rings. The number of carbonyl (C=O) groups excluding carboxylic acids is 2. The van der Waals surface area contributed by atoms with E-state index in [1.807, 2.05) is 30.3 Å². The second-order valence-corrected chi connectivity index (χ2v) is 6.77. The highest BCUT2D eigenvalue weighted by Gasteiger charge is 2.24. The third-order valence-electron chi connectivity index (χ3n) is 4.47. The standard InChI is InChI=1S/C21H27FN4O3/c22-15-9-11-19(27)18(13-15)26-21(29)17(10-8-14-5-2-1-3-6-14)25-20(28)16(24)7-4-12-23/h1-3,5-6,9,11,13,16-17,27H,4,7-8,10,12,23-24H2,(H,25,28)(H,26,29)/t16-,17+/m0/s1. The zero-order valence-corrected chi connectivity index (χ0v) is 16.1. The fourth-order valence-corrected chi connectivity index (χ4v) is 2.80. The number of benzene rings is 2. The Labute approximate surface area is 169 Å². The maximum absolute atomic E-state index is 13.4. The molecule has 0 spiro atoms. The maximum Gasteiger partial charge on any atom is 0.247 e. The molecule has 0 fully saturated rings. The Kier molecular flexibility index (Phi) is 8.57. The predicted molar refractivity (Wildman–Crippen MR) is 110 cm³/mol. The summed E-state index contributed by atoms with van der Waals surface area (Å²) in [5.41, 5.74) is 12.2. The van der Waals surface area contributed by atoms with Crippen LogP contribution in [0.15, 0.2) is 48.5 Å². The molecule has 29 heavy (non-hydrogen) atoms. The van der Waals surface area contributed by atoms with Gasteiger partial charge in [0.2, 0.25) is 11.8 Å². The van der Waals surface area contributed by atoms with E-state index >= 15 is 0 Å². The molecule has 0 aliphatic carbocycles. The van der Waals surface area contributed by atoms with Gasteiger partial charge >= 0.3 is 0 Å². The lowest BCUT2D eigenvalue weighted by atomic mass is 10.0. The maximum atomic E-state index is 13.4. The summed E-state index contributed by atoms with van der Waals surface area (Å²) in [4.78, 5) is 25.1. The molecule has 7 nitrogen and oxygen atoms in total. The molecule has 2 aromatic carbocycles. The van der Waals surface area contributed by atoms with Gasteiger partial charge in [0, 0.05) is 6.07 Å². The van der Waals surface area contributed by atoms with Gasteiger partial charge in [-0.05, 0) is 49.9 Å². The Morgan fingerprint density at radius 1 is 1.07 bits per heavy atom. The van der Waals surface area contributed by atoms with Gasteiger partial charge in [0.25, 0.3) is 0 Å². The second kappa shape index (κ2) is 11.1. The summed E-state index contributed by atoms with van der Waals surface area (Å²) in [7, 11) is 0. The van der Waals surface area contributed by atoms with Crippen molar-refractivity contribution >= 4 is 17.5 Å². The van der Waals surface area contributed by atoms with Crippen LogP contribution < -0.4 is 22.1 Å². The molecule has 0 unspecified atom stereocenters. The number of nitrogens with two attached hydrogens (primary N) is 2. The van der Waals surface area contributed by atoms with Crippen molar-refractivity contribution in [1.82, 2.24) is 5.32 Å². The summed E-state index contributed by atoms with van der Waals surface area (Å²) in [6, 6.07) is 11.0.